The Labute approximate surface area is 461 Å². The molecule has 4 fully saturated rings. The van der Waals surface area contributed by atoms with E-state index in [1.54, 1.807) is 6.20 Å². The molecule has 1 aromatic carbocycles. The molecule has 1 unspecified atom stereocenters. The van der Waals surface area contributed by atoms with Gasteiger partial charge in [-0.1, -0.05) is 147 Å². The average molecular weight is 1030 g/mol. The summed E-state index contributed by atoms with van der Waals surface area (Å²) < 4.78 is 0. The van der Waals surface area contributed by atoms with E-state index in [0.717, 1.165) is 165 Å². The number of benzene rings is 1. The second-order valence-electron chi connectivity index (χ2n) is 21.1. The summed E-state index contributed by atoms with van der Waals surface area (Å²) in [6.45, 7) is 24.1. The topological polar surface area (TPSA) is 129 Å². The van der Waals surface area contributed by atoms with E-state index in [-0.39, 0.29) is 31.1 Å². The zero-order valence-corrected chi connectivity index (χ0v) is 48.7. The van der Waals surface area contributed by atoms with Gasteiger partial charge in [-0.15, -0.1) is 0 Å². The number of amides is 1. The third-order valence-corrected chi connectivity index (χ3v) is 15.6. The van der Waals surface area contributed by atoms with E-state index < -0.39 is 0 Å². The zero-order valence-electron chi connectivity index (χ0n) is 48.7. The van der Waals surface area contributed by atoms with Crippen LogP contribution in [0.4, 0.5) is 0 Å². The summed E-state index contributed by atoms with van der Waals surface area (Å²) in [6, 6.07) is 12.2. The van der Waals surface area contributed by atoms with Gasteiger partial charge in [-0.3, -0.25) is 29.6 Å². The van der Waals surface area contributed by atoms with Gasteiger partial charge in [0.15, 0.2) is 5.78 Å². The molecule has 10 nitrogen and oxygen atoms in total. The van der Waals surface area contributed by atoms with E-state index >= 15 is 0 Å². The minimum atomic E-state index is -0.00101. The molecule has 0 spiro atoms. The van der Waals surface area contributed by atoms with Gasteiger partial charge in [-0.25, -0.2) is 4.99 Å². The van der Waals surface area contributed by atoms with E-state index in [1.807, 2.05) is 107 Å². The van der Waals surface area contributed by atoms with Crippen molar-refractivity contribution in [2.75, 3.05) is 33.2 Å². The van der Waals surface area contributed by atoms with Gasteiger partial charge in [-0.05, 0) is 119 Å². The smallest absolute Gasteiger partial charge is 0.251 e. The largest absolute Gasteiger partial charge is 0.355 e. The number of ketones is 1. The number of carbonyl (C=O) groups is 2. The molecule has 4 aliphatic heterocycles. The lowest BCUT2D eigenvalue weighted by Gasteiger charge is -2.37. The highest BCUT2D eigenvalue weighted by Crippen LogP contribution is 2.34. The number of amidine groups is 1. The minimum Gasteiger partial charge on any atom is -0.355 e. The lowest BCUT2D eigenvalue weighted by atomic mass is 9.84. The molecule has 7 aliphatic rings. The second kappa shape index (κ2) is 32.2. The number of pyridine rings is 1. The van der Waals surface area contributed by atoms with E-state index in [1.165, 1.54) is 43.3 Å². The molecule has 2 saturated carbocycles. The molecule has 10 heteroatoms. The van der Waals surface area contributed by atoms with Crippen molar-refractivity contribution in [2.24, 2.45) is 43.5 Å². The van der Waals surface area contributed by atoms with Crippen molar-refractivity contribution in [1.82, 2.24) is 14.8 Å². The van der Waals surface area contributed by atoms with Crippen molar-refractivity contribution in [3.63, 3.8) is 0 Å². The van der Waals surface area contributed by atoms with Crippen LogP contribution in [-0.2, 0) is 4.79 Å². The van der Waals surface area contributed by atoms with Crippen LogP contribution in [0.2, 0.25) is 0 Å². The maximum Gasteiger partial charge on any atom is 0.251 e. The Morgan fingerprint density at radius 2 is 1.42 bits per heavy atom. The number of likely N-dealkylation sites (tertiary alicyclic amines) is 2. The van der Waals surface area contributed by atoms with E-state index in [4.69, 9.17) is 20.7 Å². The van der Waals surface area contributed by atoms with Crippen molar-refractivity contribution in [2.45, 2.75) is 184 Å². The highest BCUT2D eigenvalue weighted by Gasteiger charge is 2.34. The lowest BCUT2D eigenvalue weighted by molar-refractivity contribution is -0.129. The normalized spacial score (nSPS) is 24.4. The van der Waals surface area contributed by atoms with Crippen LogP contribution in [0, 0.1) is 23.7 Å². The maximum atomic E-state index is 13.5. The predicted octanol–water partition coefficient (Wildman–Crippen LogP) is 15.4. The number of aliphatic imine (C=N–C) groups is 4. The highest BCUT2D eigenvalue weighted by molar-refractivity contribution is 6.07. The number of allylic oxidation sites excluding steroid dienone is 7. The third-order valence-electron chi connectivity index (χ3n) is 15.6. The molecular formula is C66H97N8O2. The molecule has 4 atom stereocenters. The number of piperidine rings is 1. The summed E-state index contributed by atoms with van der Waals surface area (Å²) in [6.07, 6.45) is 36.6. The van der Waals surface area contributed by atoms with E-state index in [0.29, 0.717) is 5.92 Å². The van der Waals surface area contributed by atoms with Crippen molar-refractivity contribution in [3.05, 3.63) is 131 Å². The highest BCUT2D eigenvalue weighted by atomic mass is 16.2. The summed E-state index contributed by atoms with van der Waals surface area (Å²) in [7, 11) is 1.82. The second-order valence-corrected chi connectivity index (χ2v) is 21.1. The van der Waals surface area contributed by atoms with Crippen LogP contribution in [0.5, 0.6) is 0 Å². The van der Waals surface area contributed by atoms with Crippen molar-refractivity contribution >= 4 is 34.7 Å². The third kappa shape index (κ3) is 17.7. The van der Waals surface area contributed by atoms with Gasteiger partial charge in [0.25, 0.3) is 5.91 Å². The monoisotopic (exact) mass is 1030 g/mol. The summed E-state index contributed by atoms with van der Waals surface area (Å²) in [5.41, 5.74) is 17.6. The zero-order chi connectivity index (χ0) is 55.0. The number of carbonyl (C=O) groups excluding carboxylic acids is 2. The number of Topliss-reactive ketones (excluding diaryl/α,β-unsaturated/α-hetero) is 1. The fourth-order valence-electron chi connectivity index (χ4n) is 11.1. The summed E-state index contributed by atoms with van der Waals surface area (Å²) in [5, 5.41) is 0. The molecule has 9 rings (SSSR count). The number of rotatable bonds is 9. The minimum absolute atomic E-state index is 0. The molecule has 3 aliphatic carbocycles. The number of nitrogens with zero attached hydrogens (tertiary/aromatic N) is 7. The van der Waals surface area contributed by atoms with Crippen molar-refractivity contribution in [1.29, 1.82) is 0 Å². The summed E-state index contributed by atoms with van der Waals surface area (Å²) in [4.78, 5) is 54.6. The van der Waals surface area contributed by atoms with Gasteiger partial charge in [0.2, 0.25) is 0 Å². The maximum absolute atomic E-state index is 13.5. The molecule has 413 valence electrons. The summed E-state index contributed by atoms with van der Waals surface area (Å²) >= 11 is 0. The van der Waals surface area contributed by atoms with Crippen molar-refractivity contribution in [3.8, 4) is 11.1 Å². The Balaban J connectivity index is 0.000000276. The first-order chi connectivity index (χ1) is 36.9. The average Bonchev–Trinajstić information content (AvgIpc) is 4.02. The van der Waals surface area contributed by atoms with Gasteiger partial charge in [0.05, 0.1) is 11.8 Å². The van der Waals surface area contributed by atoms with Crippen LogP contribution < -0.4 is 5.73 Å². The molecule has 2 N–H and O–H groups in total. The Kier molecular flexibility index (Phi) is 26.0. The Morgan fingerprint density at radius 1 is 0.763 bits per heavy atom. The first-order valence-corrected chi connectivity index (χ1v) is 29.4. The Morgan fingerprint density at radius 3 is 2.01 bits per heavy atom. The molecule has 1 radical (unpaired) electrons. The standard InChI is InChI=1S/C30H35N3O.C25H34N5O.C7H14.2C2H6.H2/c1-4-32-29(19-28-16-11-21(2)22(3)33-28)25-8-5-6-9-26(18-25)30(34)24-14-12-23(13-15-24)27-10-7-17-31-20-27;1-17-7-6-8-21(17)25(31)30-13-5-4-9-23(30)22(27-3)15-20-11-10-18(2)24(28-20)29-14-12-19(26)16-29;1-7-5-3-2-4-6-7;2*1-2;/h7,10-15,17,19-20,25-26H,4-6,8-9,16,18H2,1-3H3;6-8,10,15,19,23H,4-5,9,11-14,16,26H2,1-3H3;7H,2-6H2,1H3;2*1-2H3;1H/b28-19+,32-29?;20-15+,27-22?;;;;/t25-,26?;19-,23-;;;;/m10..../s1. The van der Waals surface area contributed by atoms with Gasteiger partial charge in [0.1, 0.15) is 5.84 Å². The van der Waals surface area contributed by atoms with Crippen LogP contribution in [0.15, 0.2) is 139 Å². The molecule has 2 aromatic rings. The fourth-order valence-corrected chi connectivity index (χ4v) is 11.1. The SMILES string of the molecule is CC.CC.CC1CCCCC1.CCN=C(/C=C1\CC=C(C)C(C)=N1)[C@@H]1CCCCC(C(=O)c2ccc(-c3cccnc3)cc2)C1.CN=C(/C=C1\CC=C(C)C(N2CC[C@H](N)C2)=N1)[C@@H]1CCCCN1C(=O)C1=CC=C[C]1C.[HH]. The van der Waals surface area contributed by atoms with Gasteiger partial charge < -0.3 is 15.5 Å². The molecular weight excluding hydrogens is 937 g/mol. The number of aromatic nitrogens is 1. The molecule has 1 aromatic heterocycles. The quantitative estimate of drug-likeness (QED) is 0.152. The molecule has 0 bridgehead atoms. The molecule has 76 heavy (non-hydrogen) atoms. The predicted molar refractivity (Wildman–Crippen MR) is 326 cm³/mol. The van der Waals surface area contributed by atoms with Gasteiger partial charge in [0, 0.05) is 118 Å². The van der Waals surface area contributed by atoms with Crippen LogP contribution in [0.25, 0.3) is 11.1 Å². The Bertz CT molecular complexity index is 2500. The number of nitrogens with two attached hydrogens (primary N) is 1. The van der Waals surface area contributed by atoms with E-state index in [9.17, 15) is 9.59 Å². The van der Waals surface area contributed by atoms with Crippen LogP contribution in [-0.4, -0.2) is 94.8 Å². The summed E-state index contributed by atoms with van der Waals surface area (Å²) in [5.74, 6) is 3.82. The molecule has 1 amide bonds. The van der Waals surface area contributed by atoms with Gasteiger partial charge >= 0.3 is 0 Å². The fraction of sp³-hybridized carbons (Fsp3) is 0.545. The van der Waals surface area contributed by atoms with Crippen LogP contribution >= 0.6 is 0 Å². The molecule has 5 heterocycles. The first kappa shape index (κ1) is 61.2. The van der Waals surface area contributed by atoms with Crippen molar-refractivity contribution < 1.29 is 11.0 Å². The first-order valence-electron chi connectivity index (χ1n) is 29.4. The lowest BCUT2D eigenvalue weighted by Crippen LogP contribution is -2.48. The van der Waals surface area contributed by atoms with Crippen LogP contribution in [0.3, 0.4) is 0 Å². The number of dihydropyridines is 2. The number of hydrogen-bond donors (Lipinski definition) is 1. The number of hydrogen-bond acceptors (Lipinski definition) is 9. The molecule has 2 saturated heterocycles. The Hall–Kier alpha value is -5.61. The van der Waals surface area contributed by atoms with Gasteiger partial charge in [-0.2, -0.15) is 0 Å². The van der Waals surface area contributed by atoms with Crippen LogP contribution in [0.1, 0.15) is 184 Å². The van der Waals surface area contributed by atoms with E-state index in [2.05, 4.69) is 73.8 Å².